The van der Waals surface area contributed by atoms with Crippen LogP contribution in [0.4, 0.5) is 4.39 Å². The number of nitrogens with zero attached hydrogens (tertiary/aromatic N) is 1. The summed E-state index contributed by atoms with van der Waals surface area (Å²) in [5.41, 5.74) is 3.78. The molecule has 1 fully saturated rings. The molecule has 3 rings (SSSR count). The van der Waals surface area contributed by atoms with Crippen LogP contribution in [0.2, 0.25) is 0 Å². The maximum Gasteiger partial charge on any atom is 0.187 e. The van der Waals surface area contributed by atoms with E-state index >= 15 is 0 Å². The zero-order valence-electron chi connectivity index (χ0n) is 14.5. The van der Waals surface area contributed by atoms with E-state index in [0.29, 0.717) is 22.7 Å². The molecule has 2 aromatic carbocycles. The van der Waals surface area contributed by atoms with E-state index in [1.54, 1.807) is 18.3 Å². The summed E-state index contributed by atoms with van der Waals surface area (Å²) in [4.78, 5) is 0. The van der Waals surface area contributed by atoms with Crippen LogP contribution in [0.5, 0.6) is 11.5 Å². The monoisotopic (exact) mass is 371 g/mol. The van der Waals surface area contributed by atoms with Crippen molar-refractivity contribution in [2.45, 2.75) is 38.1 Å². The van der Waals surface area contributed by atoms with Gasteiger partial charge in [-0.15, -0.1) is 0 Å². The molecule has 0 amide bonds. The first-order valence-electron chi connectivity index (χ1n) is 8.82. The molecule has 4 nitrogen and oxygen atoms in total. The third-order valence-corrected chi connectivity index (χ3v) is 4.46. The van der Waals surface area contributed by atoms with Crippen LogP contribution in [0, 0.1) is 5.82 Å². The molecule has 1 aliphatic rings. The molecule has 0 aliphatic heterocycles. The molecule has 2 N–H and O–H groups in total. The Labute approximate surface area is 158 Å². The Bertz CT molecular complexity index is 741. The fourth-order valence-corrected chi connectivity index (χ4v) is 3.11. The highest BCUT2D eigenvalue weighted by Crippen LogP contribution is 2.21. The number of hydrazone groups is 1. The highest BCUT2D eigenvalue weighted by Gasteiger charge is 2.13. The number of halogens is 1. The topological polar surface area (TPSA) is 45.6 Å². The lowest BCUT2D eigenvalue weighted by Gasteiger charge is -2.23. The largest absolute Gasteiger partial charge is 0.457 e. The summed E-state index contributed by atoms with van der Waals surface area (Å²) in [7, 11) is 0. The number of rotatable bonds is 5. The van der Waals surface area contributed by atoms with Crippen LogP contribution in [0.3, 0.4) is 0 Å². The molecular weight excluding hydrogens is 349 g/mol. The maximum absolute atomic E-state index is 12.9. The molecule has 0 unspecified atom stereocenters. The van der Waals surface area contributed by atoms with Gasteiger partial charge in [0.1, 0.15) is 17.3 Å². The number of nitrogens with one attached hydrogen (secondary N) is 2. The molecule has 0 radical (unpaired) electrons. The minimum Gasteiger partial charge on any atom is -0.457 e. The quantitative estimate of drug-likeness (QED) is 0.452. The van der Waals surface area contributed by atoms with Crippen LogP contribution >= 0.6 is 12.2 Å². The lowest BCUT2D eigenvalue weighted by Crippen LogP contribution is -2.40. The fraction of sp³-hybridized carbons (Fsp3) is 0.300. The Morgan fingerprint density at radius 2 is 1.62 bits per heavy atom. The van der Waals surface area contributed by atoms with Crippen molar-refractivity contribution in [2.75, 3.05) is 0 Å². The van der Waals surface area contributed by atoms with Gasteiger partial charge in [0, 0.05) is 6.04 Å². The molecule has 26 heavy (non-hydrogen) atoms. The van der Waals surface area contributed by atoms with E-state index in [4.69, 9.17) is 17.0 Å². The standard InChI is InChI=1S/C20H22FN3OS/c21-16-8-12-19(13-9-16)25-18-10-6-15(7-11-18)14-22-24-20(26)23-17-4-2-1-3-5-17/h6-14,17H,1-5H2,(H2,23,24,26)/b22-14+. The van der Waals surface area contributed by atoms with E-state index in [1.165, 1.54) is 44.2 Å². The molecule has 0 saturated heterocycles. The van der Waals surface area contributed by atoms with E-state index < -0.39 is 0 Å². The molecule has 0 aromatic heterocycles. The highest BCUT2D eigenvalue weighted by atomic mass is 32.1. The molecule has 0 atom stereocenters. The van der Waals surface area contributed by atoms with E-state index in [-0.39, 0.29) is 5.82 Å². The fourth-order valence-electron chi connectivity index (χ4n) is 2.89. The molecule has 0 heterocycles. The first kappa shape index (κ1) is 18.3. The molecular formula is C20H22FN3OS. The minimum atomic E-state index is -0.285. The number of hydrogen-bond donors (Lipinski definition) is 2. The Balaban J connectivity index is 1.46. The summed E-state index contributed by atoms with van der Waals surface area (Å²) in [6.07, 6.45) is 7.88. The number of benzene rings is 2. The van der Waals surface area contributed by atoms with E-state index in [2.05, 4.69) is 15.8 Å². The van der Waals surface area contributed by atoms with Gasteiger partial charge in [-0.25, -0.2) is 4.39 Å². The average molecular weight is 371 g/mol. The molecule has 1 saturated carbocycles. The predicted molar refractivity (Wildman–Crippen MR) is 106 cm³/mol. The summed E-state index contributed by atoms with van der Waals surface area (Å²) >= 11 is 5.27. The van der Waals surface area contributed by atoms with Crippen molar-refractivity contribution in [1.82, 2.24) is 10.7 Å². The maximum atomic E-state index is 12.9. The summed E-state index contributed by atoms with van der Waals surface area (Å²) in [5.74, 6) is 0.983. The van der Waals surface area contributed by atoms with Crippen molar-refractivity contribution < 1.29 is 9.13 Å². The molecule has 2 aromatic rings. The van der Waals surface area contributed by atoms with Crippen LogP contribution < -0.4 is 15.5 Å². The average Bonchev–Trinajstić information content (AvgIpc) is 2.66. The van der Waals surface area contributed by atoms with Gasteiger partial charge in [-0.1, -0.05) is 19.3 Å². The van der Waals surface area contributed by atoms with Gasteiger partial charge >= 0.3 is 0 Å². The van der Waals surface area contributed by atoms with Crippen LogP contribution in [0.25, 0.3) is 0 Å². The number of thiocarbonyl (C=S) groups is 1. The zero-order chi connectivity index (χ0) is 18.2. The zero-order valence-corrected chi connectivity index (χ0v) is 15.3. The van der Waals surface area contributed by atoms with Gasteiger partial charge < -0.3 is 10.1 Å². The van der Waals surface area contributed by atoms with Crippen LogP contribution in [-0.2, 0) is 0 Å². The Morgan fingerprint density at radius 1 is 1.00 bits per heavy atom. The molecule has 0 bridgehead atoms. The van der Waals surface area contributed by atoms with Crippen LogP contribution in [0.1, 0.15) is 37.7 Å². The lowest BCUT2D eigenvalue weighted by atomic mass is 9.96. The van der Waals surface area contributed by atoms with Gasteiger partial charge in [0.05, 0.1) is 6.21 Å². The van der Waals surface area contributed by atoms with E-state index in [9.17, 15) is 4.39 Å². The van der Waals surface area contributed by atoms with Crippen LogP contribution in [-0.4, -0.2) is 17.4 Å². The lowest BCUT2D eigenvalue weighted by molar-refractivity contribution is 0.412. The molecule has 1 aliphatic carbocycles. The van der Waals surface area contributed by atoms with Gasteiger partial charge in [-0.3, -0.25) is 5.43 Å². The van der Waals surface area contributed by atoms with Crippen molar-refractivity contribution in [2.24, 2.45) is 5.10 Å². The summed E-state index contributed by atoms with van der Waals surface area (Å²) in [6.45, 7) is 0. The first-order chi connectivity index (χ1) is 12.7. The van der Waals surface area contributed by atoms with Crippen molar-refractivity contribution in [3.8, 4) is 11.5 Å². The number of ether oxygens (including phenoxy) is 1. The summed E-state index contributed by atoms with van der Waals surface area (Å²) < 4.78 is 18.6. The van der Waals surface area contributed by atoms with Crippen molar-refractivity contribution in [3.05, 3.63) is 59.9 Å². The van der Waals surface area contributed by atoms with E-state index in [1.807, 2.05) is 24.3 Å². The second kappa shape index (κ2) is 9.29. The van der Waals surface area contributed by atoms with Crippen molar-refractivity contribution in [3.63, 3.8) is 0 Å². The Morgan fingerprint density at radius 3 is 2.27 bits per heavy atom. The Hall–Kier alpha value is -2.47. The first-order valence-corrected chi connectivity index (χ1v) is 9.23. The van der Waals surface area contributed by atoms with Gasteiger partial charge in [0.2, 0.25) is 0 Å². The van der Waals surface area contributed by atoms with Crippen LogP contribution in [0.15, 0.2) is 53.6 Å². The van der Waals surface area contributed by atoms with Crippen molar-refractivity contribution in [1.29, 1.82) is 0 Å². The van der Waals surface area contributed by atoms with Gasteiger partial charge in [-0.05, 0) is 79.2 Å². The van der Waals surface area contributed by atoms with Crippen molar-refractivity contribution >= 4 is 23.5 Å². The molecule has 136 valence electrons. The summed E-state index contributed by atoms with van der Waals surface area (Å²) in [6, 6.07) is 13.8. The molecule has 0 spiro atoms. The predicted octanol–water partition coefficient (Wildman–Crippen LogP) is 4.75. The van der Waals surface area contributed by atoms with Gasteiger partial charge in [-0.2, -0.15) is 5.10 Å². The minimum absolute atomic E-state index is 0.285. The van der Waals surface area contributed by atoms with Gasteiger partial charge in [0.25, 0.3) is 0 Å². The highest BCUT2D eigenvalue weighted by molar-refractivity contribution is 7.80. The molecule has 6 heteroatoms. The number of hydrogen-bond acceptors (Lipinski definition) is 3. The summed E-state index contributed by atoms with van der Waals surface area (Å²) in [5, 5.41) is 8.03. The third-order valence-electron chi connectivity index (χ3n) is 4.25. The normalized spacial score (nSPS) is 15.0. The third kappa shape index (κ3) is 5.81. The second-order valence-electron chi connectivity index (χ2n) is 6.30. The smallest absolute Gasteiger partial charge is 0.187 e. The van der Waals surface area contributed by atoms with Gasteiger partial charge in [0.15, 0.2) is 5.11 Å². The Kier molecular flexibility index (Phi) is 6.55. The SMILES string of the molecule is Fc1ccc(Oc2ccc(/C=N/NC(=S)NC3CCCCC3)cc2)cc1. The van der Waals surface area contributed by atoms with E-state index in [0.717, 1.165) is 5.56 Å². The second-order valence-corrected chi connectivity index (χ2v) is 6.71.